The van der Waals surface area contributed by atoms with Crippen molar-refractivity contribution in [1.82, 2.24) is 16.2 Å². The Morgan fingerprint density at radius 2 is 2.20 bits per heavy atom. The minimum absolute atomic E-state index is 0.170. The maximum atomic E-state index is 12.1. The van der Waals surface area contributed by atoms with Crippen LogP contribution in [0.25, 0.3) is 0 Å². The van der Waals surface area contributed by atoms with Gasteiger partial charge in [0, 0.05) is 19.2 Å². The second-order valence-electron chi connectivity index (χ2n) is 5.73. The molecule has 0 saturated carbocycles. The van der Waals surface area contributed by atoms with Gasteiger partial charge in [0.15, 0.2) is 22.7 Å². The van der Waals surface area contributed by atoms with E-state index in [1.165, 1.54) is 0 Å². The molecule has 9 heteroatoms. The molecular weight excluding hydrogens is 346 g/mol. The van der Waals surface area contributed by atoms with Gasteiger partial charge in [0.2, 0.25) is 6.79 Å². The summed E-state index contributed by atoms with van der Waals surface area (Å²) in [5.41, 5.74) is 5.17. The maximum Gasteiger partial charge on any atom is 0.279 e. The molecule has 1 aromatic carbocycles. The Bertz CT molecular complexity index is 636. The molecular formula is C16H21N3O5S. The second kappa shape index (κ2) is 8.21. The Kier molecular flexibility index (Phi) is 5.77. The molecule has 0 unspecified atom stereocenters. The first-order chi connectivity index (χ1) is 12.1. The van der Waals surface area contributed by atoms with E-state index in [9.17, 15) is 4.79 Å². The van der Waals surface area contributed by atoms with Gasteiger partial charge < -0.3 is 24.3 Å². The molecule has 3 N–H and O–H groups in total. The molecule has 3 rings (SSSR count). The number of nitrogens with one attached hydrogen (secondary N) is 3. The summed E-state index contributed by atoms with van der Waals surface area (Å²) < 4.78 is 21.6. The van der Waals surface area contributed by atoms with Crippen LogP contribution in [-0.4, -0.2) is 43.2 Å². The van der Waals surface area contributed by atoms with Crippen LogP contribution in [0.3, 0.4) is 0 Å². The van der Waals surface area contributed by atoms with E-state index in [1.807, 2.05) is 0 Å². The fourth-order valence-electron chi connectivity index (χ4n) is 2.48. The highest BCUT2D eigenvalue weighted by molar-refractivity contribution is 7.80. The van der Waals surface area contributed by atoms with Crippen LogP contribution < -0.4 is 30.4 Å². The average molecular weight is 367 g/mol. The molecule has 0 radical (unpaired) electrons. The Morgan fingerprint density at radius 3 is 3.00 bits per heavy atom. The summed E-state index contributed by atoms with van der Waals surface area (Å²) in [4.78, 5) is 12.1. The second-order valence-corrected chi connectivity index (χ2v) is 6.14. The Balaban J connectivity index is 1.39. The third-order valence-electron chi connectivity index (χ3n) is 3.84. The van der Waals surface area contributed by atoms with Crippen LogP contribution in [0.15, 0.2) is 18.2 Å². The highest BCUT2D eigenvalue weighted by Gasteiger charge is 2.19. The van der Waals surface area contributed by atoms with Crippen molar-refractivity contribution < 1.29 is 23.7 Å². The van der Waals surface area contributed by atoms with Gasteiger partial charge >= 0.3 is 0 Å². The lowest BCUT2D eigenvalue weighted by Gasteiger charge is -2.17. The van der Waals surface area contributed by atoms with E-state index in [0.717, 1.165) is 19.4 Å². The lowest BCUT2D eigenvalue weighted by atomic mass is 10.2. The number of hydrazine groups is 1. The molecule has 1 aromatic rings. The molecule has 2 atom stereocenters. The molecule has 1 fully saturated rings. The summed E-state index contributed by atoms with van der Waals surface area (Å²) in [6.07, 6.45) is 1.54. The van der Waals surface area contributed by atoms with Gasteiger partial charge in [-0.1, -0.05) is 0 Å². The molecule has 136 valence electrons. The largest absolute Gasteiger partial charge is 0.481 e. The molecule has 2 aliphatic heterocycles. The van der Waals surface area contributed by atoms with Crippen LogP contribution in [0.5, 0.6) is 17.2 Å². The van der Waals surface area contributed by atoms with Crippen molar-refractivity contribution in [2.45, 2.75) is 32.0 Å². The van der Waals surface area contributed by atoms with Crippen LogP contribution in [0.1, 0.15) is 19.8 Å². The van der Waals surface area contributed by atoms with Crippen molar-refractivity contribution in [2.24, 2.45) is 0 Å². The van der Waals surface area contributed by atoms with E-state index >= 15 is 0 Å². The number of ether oxygens (including phenoxy) is 4. The Labute approximate surface area is 151 Å². The first kappa shape index (κ1) is 17.6. The van der Waals surface area contributed by atoms with Crippen molar-refractivity contribution in [1.29, 1.82) is 0 Å². The highest BCUT2D eigenvalue weighted by Crippen LogP contribution is 2.35. The SMILES string of the molecule is C[C@@H](Oc1ccc2c(c1)OCO2)C(=O)NNC(=S)NC[C@@H]1CCCO1. The summed E-state index contributed by atoms with van der Waals surface area (Å²) in [5.74, 6) is 1.43. The number of carbonyl (C=O) groups is 1. The number of amides is 1. The molecule has 0 aliphatic carbocycles. The normalized spacial score (nSPS) is 19.2. The number of hydrogen-bond acceptors (Lipinski definition) is 6. The number of rotatable bonds is 5. The topological polar surface area (TPSA) is 90.1 Å². The zero-order chi connectivity index (χ0) is 17.6. The maximum absolute atomic E-state index is 12.1. The first-order valence-electron chi connectivity index (χ1n) is 8.13. The lowest BCUT2D eigenvalue weighted by molar-refractivity contribution is -0.127. The molecule has 8 nitrogen and oxygen atoms in total. The third-order valence-corrected chi connectivity index (χ3v) is 4.09. The van der Waals surface area contributed by atoms with Gasteiger partial charge in [-0.15, -0.1) is 0 Å². The summed E-state index contributed by atoms with van der Waals surface area (Å²) in [7, 11) is 0. The fourth-order valence-corrected chi connectivity index (χ4v) is 2.62. The highest BCUT2D eigenvalue weighted by atomic mass is 32.1. The lowest BCUT2D eigenvalue weighted by Crippen LogP contribution is -2.51. The molecule has 0 bridgehead atoms. The number of benzene rings is 1. The van der Waals surface area contributed by atoms with Gasteiger partial charge in [-0.25, -0.2) is 0 Å². The Hall–Kier alpha value is -2.26. The summed E-state index contributed by atoms with van der Waals surface area (Å²) >= 11 is 5.11. The standard InChI is InChI=1S/C16H21N3O5S/c1-10(24-11-4-5-13-14(7-11)23-9-22-13)15(20)18-19-16(25)17-8-12-3-2-6-21-12/h4-5,7,10,12H,2-3,6,8-9H2,1H3,(H,18,20)(H2,17,19,25)/t10-,12+/m1/s1. The van der Waals surface area contributed by atoms with E-state index in [-0.39, 0.29) is 18.8 Å². The minimum Gasteiger partial charge on any atom is -0.481 e. The van der Waals surface area contributed by atoms with Gasteiger partial charge in [0.25, 0.3) is 5.91 Å². The predicted octanol–water partition coefficient (Wildman–Crippen LogP) is 0.857. The number of thiocarbonyl (C=S) groups is 1. The average Bonchev–Trinajstić information content (AvgIpc) is 3.28. The molecule has 2 heterocycles. The van der Waals surface area contributed by atoms with Crippen LogP contribution >= 0.6 is 12.2 Å². The smallest absolute Gasteiger partial charge is 0.279 e. The van der Waals surface area contributed by atoms with Gasteiger partial charge in [-0.2, -0.15) is 0 Å². The molecule has 25 heavy (non-hydrogen) atoms. The number of carbonyl (C=O) groups excluding carboxylic acids is 1. The number of hydrogen-bond donors (Lipinski definition) is 3. The molecule has 0 spiro atoms. The van der Waals surface area contributed by atoms with Crippen LogP contribution in [0.4, 0.5) is 0 Å². The molecule has 0 aromatic heterocycles. The molecule has 1 amide bonds. The van der Waals surface area contributed by atoms with Gasteiger partial charge in [0.1, 0.15) is 5.75 Å². The summed E-state index contributed by atoms with van der Waals surface area (Å²) in [6.45, 7) is 3.24. The number of fused-ring (bicyclic) bond motifs is 1. The molecule has 2 aliphatic rings. The minimum atomic E-state index is -0.714. The van der Waals surface area contributed by atoms with Crippen molar-refractivity contribution in [3.8, 4) is 17.2 Å². The fraction of sp³-hybridized carbons (Fsp3) is 0.500. The Morgan fingerprint density at radius 1 is 1.36 bits per heavy atom. The monoisotopic (exact) mass is 367 g/mol. The quantitative estimate of drug-likeness (QED) is 0.522. The van der Waals surface area contributed by atoms with E-state index < -0.39 is 6.10 Å². The van der Waals surface area contributed by atoms with E-state index in [4.69, 9.17) is 31.2 Å². The van der Waals surface area contributed by atoms with Gasteiger partial charge in [0.05, 0.1) is 6.10 Å². The van der Waals surface area contributed by atoms with Crippen molar-refractivity contribution in [3.63, 3.8) is 0 Å². The van der Waals surface area contributed by atoms with E-state index in [0.29, 0.717) is 28.9 Å². The van der Waals surface area contributed by atoms with Crippen molar-refractivity contribution >= 4 is 23.2 Å². The third kappa shape index (κ3) is 4.86. The zero-order valence-electron chi connectivity index (χ0n) is 13.9. The first-order valence-corrected chi connectivity index (χ1v) is 8.54. The summed E-state index contributed by atoms with van der Waals surface area (Å²) in [5, 5.41) is 3.34. The van der Waals surface area contributed by atoms with Crippen LogP contribution in [0.2, 0.25) is 0 Å². The van der Waals surface area contributed by atoms with Crippen molar-refractivity contribution in [2.75, 3.05) is 19.9 Å². The van der Waals surface area contributed by atoms with E-state index in [1.54, 1.807) is 25.1 Å². The van der Waals surface area contributed by atoms with Gasteiger partial charge in [-0.3, -0.25) is 15.6 Å². The van der Waals surface area contributed by atoms with Crippen LogP contribution in [0, 0.1) is 0 Å². The molecule has 1 saturated heterocycles. The van der Waals surface area contributed by atoms with Crippen LogP contribution in [-0.2, 0) is 9.53 Å². The van der Waals surface area contributed by atoms with Gasteiger partial charge in [-0.05, 0) is 44.1 Å². The van der Waals surface area contributed by atoms with E-state index in [2.05, 4.69) is 16.2 Å². The summed E-state index contributed by atoms with van der Waals surface area (Å²) in [6, 6.07) is 5.15. The van der Waals surface area contributed by atoms with Crippen molar-refractivity contribution in [3.05, 3.63) is 18.2 Å². The zero-order valence-corrected chi connectivity index (χ0v) is 14.7. The predicted molar refractivity (Wildman–Crippen MR) is 93.5 cm³/mol.